The highest BCUT2D eigenvalue weighted by Gasteiger charge is 2.04. The molecular formula is C8H6ClNOS2. The molecule has 0 amide bonds. The fourth-order valence-electron chi connectivity index (χ4n) is 0.712. The zero-order chi connectivity index (χ0) is 9.68. The summed E-state index contributed by atoms with van der Waals surface area (Å²) in [5.41, 5.74) is 0.790. The van der Waals surface area contributed by atoms with E-state index in [1.165, 1.54) is 0 Å². The topological polar surface area (TPSA) is 40.9 Å². The number of rotatable bonds is 1. The Balaban J connectivity index is 2.54. The Hall–Kier alpha value is -0.450. The van der Waals surface area contributed by atoms with Gasteiger partial charge in [-0.15, -0.1) is 0 Å². The fraction of sp³-hybridized carbons (Fsp3) is 0. The standard InChI is InChI=1S/C8H6ClNOS2/c9-8(11)13-12-7(10)6-4-2-1-3-5-6/h1-5,10H. The highest BCUT2D eigenvalue weighted by molar-refractivity contribution is 8.87. The van der Waals surface area contributed by atoms with Crippen molar-refractivity contribution >= 4 is 42.8 Å². The average molecular weight is 232 g/mol. The van der Waals surface area contributed by atoms with Crippen LogP contribution in [0.3, 0.4) is 0 Å². The molecule has 0 aliphatic carbocycles. The molecule has 0 unspecified atom stereocenters. The molecule has 0 heterocycles. The summed E-state index contributed by atoms with van der Waals surface area (Å²) in [5.74, 6) is 0. The van der Waals surface area contributed by atoms with E-state index in [1.54, 1.807) is 0 Å². The Labute approximate surface area is 89.0 Å². The maximum atomic E-state index is 10.4. The third kappa shape index (κ3) is 3.85. The molecule has 13 heavy (non-hydrogen) atoms. The van der Waals surface area contributed by atoms with Crippen molar-refractivity contribution in [3.8, 4) is 0 Å². The summed E-state index contributed by atoms with van der Waals surface area (Å²) in [6.45, 7) is 0. The van der Waals surface area contributed by atoms with Crippen LogP contribution in [0.5, 0.6) is 0 Å². The summed E-state index contributed by atoms with van der Waals surface area (Å²) < 4.78 is -0.509. The van der Waals surface area contributed by atoms with Gasteiger partial charge in [-0.05, 0) is 22.4 Å². The smallest absolute Gasteiger partial charge is 0.290 e. The number of hydrogen-bond acceptors (Lipinski definition) is 4. The van der Waals surface area contributed by atoms with Crippen molar-refractivity contribution in [1.29, 1.82) is 5.41 Å². The van der Waals surface area contributed by atoms with Gasteiger partial charge in [0, 0.05) is 16.4 Å². The number of halogens is 1. The van der Waals surface area contributed by atoms with Crippen molar-refractivity contribution < 1.29 is 4.79 Å². The van der Waals surface area contributed by atoms with Crippen molar-refractivity contribution in [2.45, 2.75) is 0 Å². The van der Waals surface area contributed by atoms with Gasteiger partial charge in [0.2, 0.25) is 0 Å². The first kappa shape index (κ1) is 10.6. The zero-order valence-electron chi connectivity index (χ0n) is 6.49. The molecule has 0 fully saturated rings. The van der Waals surface area contributed by atoms with Crippen molar-refractivity contribution in [2.24, 2.45) is 0 Å². The van der Waals surface area contributed by atoms with Crippen LogP contribution >= 0.6 is 33.2 Å². The van der Waals surface area contributed by atoms with Crippen LogP contribution in [0.4, 0.5) is 4.79 Å². The van der Waals surface area contributed by atoms with E-state index in [0.717, 1.165) is 27.2 Å². The van der Waals surface area contributed by atoms with E-state index in [-0.39, 0.29) is 0 Å². The molecule has 0 bridgehead atoms. The second kappa shape index (κ2) is 5.32. The van der Waals surface area contributed by atoms with Gasteiger partial charge in [-0.3, -0.25) is 10.2 Å². The lowest BCUT2D eigenvalue weighted by molar-refractivity contribution is 0.276. The molecule has 2 nitrogen and oxygen atoms in total. The van der Waals surface area contributed by atoms with E-state index in [1.807, 2.05) is 30.3 Å². The molecule has 0 aliphatic heterocycles. The van der Waals surface area contributed by atoms with Gasteiger partial charge in [0.15, 0.2) is 0 Å². The van der Waals surface area contributed by atoms with Crippen LogP contribution in [0, 0.1) is 5.41 Å². The van der Waals surface area contributed by atoms with Crippen LogP contribution in [0.1, 0.15) is 5.56 Å². The Bertz CT molecular complexity index is 315. The van der Waals surface area contributed by atoms with E-state index < -0.39 is 4.57 Å². The van der Waals surface area contributed by atoms with Crippen molar-refractivity contribution in [1.82, 2.24) is 0 Å². The predicted molar refractivity (Wildman–Crippen MR) is 59.7 cm³/mol. The fourth-order valence-corrected chi connectivity index (χ4v) is 2.11. The van der Waals surface area contributed by atoms with Gasteiger partial charge < -0.3 is 0 Å². The molecular weight excluding hydrogens is 226 g/mol. The van der Waals surface area contributed by atoms with Gasteiger partial charge >= 0.3 is 0 Å². The molecule has 5 heteroatoms. The largest absolute Gasteiger partial charge is 0.293 e. The summed E-state index contributed by atoms with van der Waals surface area (Å²) >= 11 is 5.12. The van der Waals surface area contributed by atoms with Crippen LogP contribution in [-0.4, -0.2) is 9.62 Å². The Morgan fingerprint density at radius 3 is 2.38 bits per heavy atom. The third-order valence-electron chi connectivity index (χ3n) is 1.23. The Kier molecular flexibility index (Phi) is 4.35. The lowest BCUT2D eigenvalue weighted by Crippen LogP contribution is -1.90. The van der Waals surface area contributed by atoms with Crippen LogP contribution in [0.15, 0.2) is 30.3 Å². The molecule has 0 saturated carbocycles. The molecule has 1 N–H and O–H groups in total. The minimum absolute atomic E-state index is 0.333. The molecule has 0 aliphatic rings. The van der Waals surface area contributed by atoms with Crippen LogP contribution in [0.2, 0.25) is 0 Å². The number of hydrogen-bond donors (Lipinski definition) is 1. The summed E-state index contributed by atoms with van der Waals surface area (Å²) in [7, 11) is 1.91. The highest BCUT2D eigenvalue weighted by Crippen LogP contribution is 2.28. The van der Waals surface area contributed by atoms with Crippen LogP contribution in [-0.2, 0) is 0 Å². The number of carbonyl (C=O) groups excluding carboxylic acids is 1. The normalized spacial score (nSPS) is 9.62. The monoisotopic (exact) mass is 231 g/mol. The molecule has 0 aromatic heterocycles. The van der Waals surface area contributed by atoms with Crippen molar-refractivity contribution in [3.63, 3.8) is 0 Å². The first-order valence-corrected chi connectivity index (χ1v) is 5.91. The summed E-state index contributed by atoms with van der Waals surface area (Å²) in [5, 5.41) is 7.89. The number of benzene rings is 1. The third-order valence-corrected chi connectivity index (χ3v) is 3.55. The quantitative estimate of drug-likeness (QED) is 0.346. The van der Waals surface area contributed by atoms with Crippen LogP contribution in [0.25, 0.3) is 0 Å². The second-order valence-corrected chi connectivity index (χ2v) is 4.78. The van der Waals surface area contributed by atoms with Crippen molar-refractivity contribution in [2.75, 3.05) is 0 Å². The number of nitrogens with one attached hydrogen (secondary N) is 1. The summed E-state index contributed by atoms with van der Waals surface area (Å²) in [4.78, 5) is 10.4. The molecule has 0 radical (unpaired) electrons. The predicted octanol–water partition coefficient (Wildman–Crippen LogP) is 3.75. The second-order valence-electron chi connectivity index (χ2n) is 2.10. The van der Waals surface area contributed by atoms with Gasteiger partial charge in [0.25, 0.3) is 4.57 Å². The molecule has 0 spiro atoms. The van der Waals surface area contributed by atoms with Crippen molar-refractivity contribution in [3.05, 3.63) is 35.9 Å². The van der Waals surface area contributed by atoms with E-state index in [2.05, 4.69) is 0 Å². The zero-order valence-corrected chi connectivity index (χ0v) is 8.88. The molecule has 1 aromatic rings. The Morgan fingerprint density at radius 2 is 1.85 bits per heavy atom. The Morgan fingerprint density at radius 1 is 1.23 bits per heavy atom. The van der Waals surface area contributed by atoms with Gasteiger partial charge in [-0.2, -0.15) is 0 Å². The summed E-state index contributed by atoms with van der Waals surface area (Å²) in [6.07, 6.45) is 0. The minimum atomic E-state index is -0.509. The van der Waals surface area contributed by atoms with E-state index >= 15 is 0 Å². The van der Waals surface area contributed by atoms with Crippen LogP contribution < -0.4 is 0 Å². The molecule has 1 aromatic carbocycles. The average Bonchev–Trinajstić information content (AvgIpc) is 2.15. The maximum Gasteiger partial charge on any atom is 0.290 e. The lowest BCUT2D eigenvalue weighted by atomic mass is 10.2. The molecule has 68 valence electrons. The maximum absolute atomic E-state index is 10.4. The van der Waals surface area contributed by atoms with E-state index in [9.17, 15) is 4.79 Å². The summed E-state index contributed by atoms with van der Waals surface area (Å²) in [6, 6.07) is 9.19. The SMILES string of the molecule is N=C(SSC(=O)Cl)c1ccccc1. The van der Waals surface area contributed by atoms with Gasteiger partial charge in [-0.1, -0.05) is 30.3 Å². The highest BCUT2D eigenvalue weighted by atomic mass is 35.5. The van der Waals surface area contributed by atoms with E-state index in [4.69, 9.17) is 17.0 Å². The molecule has 1 rings (SSSR count). The first-order valence-electron chi connectivity index (χ1n) is 3.38. The van der Waals surface area contributed by atoms with E-state index in [0.29, 0.717) is 5.04 Å². The minimum Gasteiger partial charge on any atom is -0.293 e. The first-order chi connectivity index (χ1) is 6.20. The van der Waals surface area contributed by atoms with Gasteiger partial charge in [0.05, 0.1) is 0 Å². The molecule has 0 atom stereocenters. The lowest BCUT2D eigenvalue weighted by Gasteiger charge is -1.99. The number of carbonyl (C=O) groups is 1. The van der Waals surface area contributed by atoms with Gasteiger partial charge in [-0.25, -0.2) is 0 Å². The molecule has 0 saturated heterocycles. The van der Waals surface area contributed by atoms with Gasteiger partial charge in [0.1, 0.15) is 5.04 Å².